The summed E-state index contributed by atoms with van der Waals surface area (Å²) in [5, 5.41) is 2.89. The molecule has 0 bridgehead atoms. The first-order valence-electron chi connectivity index (χ1n) is 12.2. The lowest BCUT2D eigenvalue weighted by molar-refractivity contribution is -0.139. The van der Waals surface area contributed by atoms with Crippen LogP contribution in [0.1, 0.15) is 32.8 Å². The standard InChI is InChI=1S/C28H31BrFN3O4S/c1-4-20(2)31-28(35)21(3)32(18-22-10-12-23(29)13-11-22)27(34)19-33(25-16-14-24(30)15-17-25)38(36,37)26-8-6-5-7-9-26/h5-17,20-21H,4,18-19H2,1-3H3,(H,31,35)/t20-,21+/m0/s1. The first kappa shape index (κ1) is 29.3. The van der Waals surface area contributed by atoms with Crippen molar-refractivity contribution < 1.29 is 22.4 Å². The van der Waals surface area contributed by atoms with E-state index in [0.29, 0.717) is 6.42 Å². The van der Waals surface area contributed by atoms with E-state index in [-0.39, 0.29) is 29.1 Å². The van der Waals surface area contributed by atoms with Gasteiger partial charge >= 0.3 is 0 Å². The summed E-state index contributed by atoms with van der Waals surface area (Å²) in [5.74, 6) is -1.46. The van der Waals surface area contributed by atoms with E-state index in [1.807, 2.05) is 38.1 Å². The minimum absolute atomic E-state index is 0.0147. The summed E-state index contributed by atoms with van der Waals surface area (Å²) in [6.45, 7) is 4.93. The summed E-state index contributed by atoms with van der Waals surface area (Å²) in [6, 6.07) is 18.9. The van der Waals surface area contributed by atoms with Gasteiger partial charge in [0.1, 0.15) is 18.4 Å². The molecule has 0 spiro atoms. The molecule has 2 atom stereocenters. The Kier molecular flexibility index (Phi) is 10.0. The number of hydrogen-bond donors (Lipinski definition) is 1. The number of halogens is 2. The fourth-order valence-corrected chi connectivity index (χ4v) is 5.39. The molecule has 0 aliphatic carbocycles. The van der Waals surface area contributed by atoms with Gasteiger partial charge in [0.25, 0.3) is 10.0 Å². The Balaban J connectivity index is 2.00. The maximum absolute atomic E-state index is 13.8. The summed E-state index contributed by atoms with van der Waals surface area (Å²) in [4.78, 5) is 28.2. The highest BCUT2D eigenvalue weighted by atomic mass is 79.9. The summed E-state index contributed by atoms with van der Waals surface area (Å²) in [7, 11) is -4.19. The van der Waals surface area contributed by atoms with Gasteiger partial charge in [-0.2, -0.15) is 0 Å². The third kappa shape index (κ3) is 7.41. The van der Waals surface area contributed by atoms with Crippen LogP contribution in [0, 0.1) is 5.82 Å². The molecule has 7 nitrogen and oxygen atoms in total. The number of anilines is 1. The van der Waals surface area contributed by atoms with Crippen molar-refractivity contribution in [2.24, 2.45) is 0 Å². The van der Waals surface area contributed by atoms with Crippen molar-refractivity contribution in [2.45, 2.75) is 50.7 Å². The SMILES string of the molecule is CC[C@H](C)NC(=O)[C@@H](C)N(Cc1ccc(Br)cc1)C(=O)CN(c1ccc(F)cc1)S(=O)(=O)c1ccccc1. The van der Waals surface area contributed by atoms with Crippen LogP contribution in [0.2, 0.25) is 0 Å². The quantitative estimate of drug-likeness (QED) is 0.330. The normalized spacial score (nSPS) is 12.9. The maximum Gasteiger partial charge on any atom is 0.264 e. The van der Waals surface area contributed by atoms with Crippen LogP contribution >= 0.6 is 15.9 Å². The fraction of sp³-hybridized carbons (Fsp3) is 0.286. The number of carbonyl (C=O) groups excluding carboxylic acids is 2. The van der Waals surface area contributed by atoms with Gasteiger partial charge in [0.05, 0.1) is 10.6 Å². The predicted molar refractivity (Wildman–Crippen MR) is 149 cm³/mol. The highest BCUT2D eigenvalue weighted by Crippen LogP contribution is 2.25. The van der Waals surface area contributed by atoms with E-state index in [2.05, 4.69) is 21.2 Å². The van der Waals surface area contributed by atoms with Gasteiger partial charge in [0, 0.05) is 17.1 Å². The van der Waals surface area contributed by atoms with Crippen LogP contribution in [-0.2, 0) is 26.2 Å². The van der Waals surface area contributed by atoms with Gasteiger partial charge in [-0.05, 0) is 74.4 Å². The molecule has 0 heterocycles. The molecule has 202 valence electrons. The van der Waals surface area contributed by atoms with E-state index in [0.717, 1.165) is 26.5 Å². The molecule has 0 aliphatic rings. The lowest BCUT2D eigenvalue weighted by Gasteiger charge is -2.32. The lowest BCUT2D eigenvalue weighted by Crippen LogP contribution is -2.52. The van der Waals surface area contributed by atoms with E-state index in [4.69, 9.17) is 0 Å². The van der Waals surface area contributed by atoms with Crippen LogP contribution in [0.5, 0.6) is 0 Å². The van der Waals surface area contributed by atoms with E-state index in [1.165, 1.54) is 29.2 Å². The number of nitrogens with one attached hydrogen (secondary N) is 1. The Bertz CT molecular complexity index is 1340. The van der Waals surface area contributed by atoms with Crippen LogP contribution in [0.4, 0.5) is 10.1 Å². The Morgan fingerprint density at radius 3 is 2.13 bits per heavy atom. The second-order valence-corrected chi connectivity index (χ2v) is 11.7. The van der Waals surface area contributed by atoms with Crippen molar-refractivity contribution in [3.63, 3.8) is 0 Å². The summed E-state index contributed by atoms with van der Waals surface area (Å²) in [6.07, 6.45) is 0.715. The van der Waals surface area contributed by atoms with E-state index >= 15 is 0 Å². The van der Waals surface area contributed by atoms with Crippen LogP contribution in [0.25, 0.3) is 0 Å². The minimum atomic E-state index is -4.19. The Morgan fingerprint density at radius 1 is 0.947 bits per heavy atom. The molecule has 0 aromatic heterocycles. The zero-order valence-corrected chi connectivity index (χ0v) is 23.9. The molecule has 2 amide bonds. The van der Waals surface area contributed by atoms with Crippen LogP contribution in [-0.4, -0.2) is 43.8 Å². The van der Waals surface area contributed by atoms with Crippen LogP contribution in [0.15, 0.2) is 88.2 Å². The molecule has 0 saturated heterocycles. The van der Waals surface area contributed by atoms with E-state index < -0.39 is 34.3 Å². The molecule has 3 aromatic carbocycles. The Hall–Kier alpha value is -3.24. The Labute approximate surface area is 231 Å². The van der Waals surface area contributed by atoms with Crippen molar-refractivity contribution in [2.75, 3.05) is 10.8 Å². The summed E-state index contributed by atoms with van der Waals surface area (Å²) >= 11 is 3.39. The lowest BCUT2D eigenvalue weighted by atomic mass is 10.1. The minimum Gasteiger partial charge on any atom is -0.352 e. The number of sulfonamides is 1. The van der Waals surface area contributed by atoms with Gasteiger partial charge in [0.2, 0.25) is 11.8 Å². The number of amides is 2. The molecule has 0 aliphatic heterocycles. The van der Waals surface area contributed by atoms with Crippen molar-refractivity contribution >= 4 is 43.5 Å². The zero-order chi connectivity index (χ0) is 27.9. The van der Waals surface area contributed by atoms with Gasteiger partial charge in [0.15, 0.2) is 0 Å². The number of benzene rings is 3. The molecule has 3 rings (SSSR count). The van der Waals surface area contributed by atoms with Crippen molar-refractivity contribution in [3.05, 3.63) is 94.7 Å². The second kappa shape index (κ2) is 13.0. The predicted octanol–water partition coefficient (Wildman–Crippen LogP) is 5.12. The van der Waals surface area contributed by atoms with Crippen LogP contribution < -0.4 is 9.62 Å². The molecule has 38 heavy (non-hydrogen) atoms. The molecular weight excluding hydrogens is 573 g/mol. The van der Waals surface area contributed by atoms with Crippen molar-refractivity contribution in [1.29, 1.82) is 0 Å². The number of rotatable bonds is 11. The highest BCUT2D eigenvalue weighted by Gasteiger charge is 2.32. The average molecular weight is 605 g/mol. The van der Waals surface area contributed by atoms with Crippen molar-refractivity contribution in [3.8, 4) is 0 Å². The maximum atomic E-state index is 13.8. The number of hydrogen-bond acceptors (Lipinski definition) is 4. The molecule has 0 radical (unpaired) electrons. The average Bonchev–Trinajstić information content (AvgIpc) is 2.91. The second-order valence-electron chi connectivity index (χ2n) is 8.94. The Morgan fingerprint density at radius 2 is 1.55 bits per heavy atom. The molecule has 3 aromatic rings. The molecule has 0 saturated carbocycles. The topological polar surface area (TPSA) is 86.8 Å². The van der Waals surface area contributed by atoms with Crippen molar-refractivity contribution in [1.82, 2.24) is 10.2 Å². The molecule has 1 N–H and O–H groups in total. The fourth-order valence-electron chi connectivity index (χ4n) is 3.69. The zero-order valence-electron chi connectivity index (χ0n) is 21.5. The smallest absolute Gasteiger partial charge is 0.264 e. The highest BCUT2D eigenvalue weighted by molar-refractivity contribution is 9.10. The van der Waals surface area contributed by atoms with Gasteiger partial charge in [-0.15, -0.1) is 0 Å². The number of nitrogens with zero attached hydrogens (tertiary/aromatic N) is 2. The first-order valence-corrected chi connectivity index (χ1v) is 14.4. The number of carbonyl (C=O) groups is 2. The van der Waals surface area contributed by atoms with Gasteiger partial charge < -0.3 is 10.2 Å². The molecule has 0 fully saturated rings. The van der Waals surface area contributed by atoms with Crippen LogP contribution in [0.3, 0.4) is 0 Å². The third-order valence-electron chi connectivity index (χ3n) is 6.16. The molecule has 10 heteroatoms. The van der Waals surface area contributed by atoms with Gasteiger partial charge in [-0.25, -0.2) is 12.8 Å². The summed E-state index contributed by atoms with van der Waals surface area (Å²) in [5.41, 5.74) is 0.896. The third-order valence-corrected chi connectivity index (χ3v) is 8.48. The monoisotopic (exact) mass is 603 g/mol. The van der Waals surface area contributed by atoms with E-state index in [1.54, 1.807) is 25.1 Å². The van der Waals surface area contributed by atoms with Gasteiger partial charge in [-0.1, -0.05) is 53.2 Å². The van der Waals surface area contributed by atoms with E-state index in [9.17, 15) is 22.4 Å². The first-order chi connectivity index (χ1) is 18.0. The summed E-state index contributed by atoms with van der Waals surface area (Å²) < 4.78 is 42.7. The molecular formula is C28H31BrFN3O4S. The largest absolute Gasteiger partial charge is 0.352 e. The molecule has 0 unspecified atom stereocenters. The van der Waals surface area contributed by atoms with Gasteiger partial charge in [-0.3, -0.25) is 13.9 Å².